The van der Waals surface area contributed by atoms with Crippen molar-refractivity contribution in [3.05, 3.63) is 20.8 Å². The zero-order valence-corrected chi connectivity index (χ0v) is 12.8. The fourth-order valence-corrected chi connectivity index (χ4v) is 3.28. The van der Waals surface area contributed by atoms with Crippen molar-refractivity contribution in [2.24, 2.45) is 5.92 Å². The van der Waals surface area contributed by atoms with Crippen LogP contribution < -0.4 is 10.6 Å². The monoisotopic (exact) mass is 346 g/mol. The molecule has 19 heavy (non-hydrogen) atoms. The Morgan fingerprint density at radius 2 is 2.26 bits per heavy atom. The fraction of sp³-hybridized carbons (Fsp3) is 0.500. The normalized spacial score (nSPS) is 17.6. The Balaban J connectivity index is 1.88. The van der Waals surface area contributed by atoms with Crippen LogP contribution in [0.2, 0.25) is 0 Å². The smallest absolute Gasteiger partial charge is 0.329 e. The highest BCUT2D eigenvalue weighted by molar-refractivity contribution is 9.10. The molecule has 1 aromatic heterocycles. The molecule has 104 valence electrons. The first-order valence-corrected chi connectivity index (χ1v) is 7.61. The summed E-state index contributed by atoms with van der Waals surface area (Å²) in [6.07, 6.45) is 1.70. The predicted octanol–water partition coefficient (Wildman–Crippen LogP) is 2.56. The molecule has 0 aromatic carbocycles. The van der Waals surface area contributed by atoms with Gasteiger partial charge in [-0.3, -0.25) is 0 Å². The summed E-state index contributed by atoms with van der Waals surface area (Å²) in [5, 5.41) is 16.4. The Kier molecular flexibility index (Phi) is 4.15. The van der Waals surface area contributed by atoms with Crippen molar-refractivity contribution < 1.29 is 14.7 Å². The molecule has 2 rings (SSSR count). The minimum Gasteiger partial charge on any atom is -0.480 e. The van der Waals surface area contributed by atoms with E-state index in [0.29, 0.717) is 6.54 Å². The van der Waals surface area contributed by atoms with Gasteiger partial charge in [-0.1, -0.05) is 0 Å². The molecule has 0 aliphatic heterocycles. The van der Waals surface area contributed by atoms with Crippen LogP contribution in [0.15, 0.2) is 15.9 Å². The summed E-state index contributed by atoms with van der Waals surface area (Å²) in [6.45, 7) is 1.96. The van der Waals surface area contributed by atoms with E-state index in [9.17, 15) is 14.7 Å². The Morgan fingerprint density at radius 1 is 1.58 bits per heavy atom. The van der Waals surface area contributed by atoms with Crippen LogP contribution in [0.4, 0.5) is 4.79 Å². The molecule has 1 fully saturated rings. The molecule has 0 saturated heterocycles. The molecule has 1 aliphatic carbocycles. The number of amides is 2. The molecular weight excluding hydrogens is 332 g/mol. The molecule has 5 nitrogen and oxygen atoms in total. The highest BCUT2D eigenvalue weighted by Gasteiger charge is 2.48. The standard InChI is InChI=1S/C12H15BrN2O3S/c1-12(10(16)17,7-2-3-7)15-11(18)14-5-9-4-8(13)6-19-9/h4,6-7H,2-3,5H2,1H3,(H,16,17)(H2,14,15,18). The summed E-state index contributed by atoms with van der Waals surface area (Å²) in [5.74, 6) is -0.948. The number of carboxylic acid groups (broad SMARTS) is 1. The minimum atomic E-state index is -1.17. The van der Waals surface area contributed by atoms with E-state index >= 15 is 0 Å². The molecule has 2 amide bonds. The second-order valence-corrected chi connectivity index (χ2v) is 6.73. The van der Waals surface area contributed by atoms with E-state index in [-0.39, 0.29) is 5.92 Å². The van der Waals surface area contributed by atoms with Gasteiger partial charge >= 0.3 is 12.0 Å². The Bertz CT molecular complexity index is 501. The van der Waals surface area contributed by atoms with E-state index in [2.05, 4.69) is 26.6 Å². The zero-order valence-electron chi connectivity index (χ0n) is 10.4. The van der Waals surface area contributed by atoms with Gasteiger partial charge in [-0.25, -0.2) is 9.59 Å². The topological polar surface area (TPSA) is 78.4 Å². The summed E-state index contributed by atoms with van der Waals surface area (Å²) in [4.78, 5) is 24.1. The molecule has 1 heterocycles. The molecule has 1 atom stereocenters. The number of nitrogens with one attached hydrogen (secondary N) is 2. The quantitative estimate of drug-likeness (QED) is 0.766. The first-order chi connectivity index (χ1) is 8.91. The van der Waals surface area contributed by atoms with Gasteiger partial charge in [0, 0.05) is 14.7 Å². The number of carbonyl (C=O) groups is 2. The van der Waals surface area contributed by atoms with Gasteiger partial charge in [0.1, 0.15) is 5.54 Å². The third kappa shape index (κ3) is 3.48. The van der Waals surface area contributed by atoms with Gasteiger partial charge in [-0.05, 0) is 47.7 Å². The van der Waals surface area contributed by atoms with Gasteiger partial charge in [0.25, 0.3) is 0 Å². The van der Waals surface area contributed by atoms with E-state index in [1.807, 2.05) is 11.4 Å². The Hall–Kier alpha value is -1.08. The lowest BCUT2D eigenvalue weighted by Gasteiger charge is -2.26. The van der Waals surface area contributed by atoms with E-state index < -0.39 is 17.5 Å². The van der Waals surface area contributed by atoms with Crippen molar-refractivity contribution in [2.75, 3.05) is 0 Å². The van der Waals surface area contributed by atoms with Crippen molar-refractivity contribution in [1.29, 1.82) is 0 Å². The lowest BCUT2D eigenvalue weighted by Crippen LogP contribution is -2.56. The maximum Gasteiger partial charge on any atom is 0.329 e. The van der Waals surface area contributed by atoms with Crippen molar-refractivity contribution in [2.45, 2.75) is 31.8 Å². The van der Waals surface area contributed by atoms with Crippen LogP contribution in [0, 0.1) is 5.92 Å². The van der Waals surface area contributed by atoms with Gasteiger partial charge in [-0.2, -0.15) is 0 Å². The maximum atomic E-state index is 11.8. The van der Waals surface area contributed by atoms with Crippen LogP contribution in [-0.2, 0) is 11.3 Å². The number of rotatable bonds is 5. The van der Waals surface area contributed by atoms with E-state index in [1.54, 1.807) is 6.92 Å². The first kappa shape index (κ1) is 14.3. The lowest BCUT2D eigenvalue weighted by atomic mass is 9.96. The van der Waals surface area contributed by atoms with Crippen molar-refractivity contribution >= 4 is 39.3 Å². The van der Waals surface area contributed by atoms with Crippen LogP contribution in [0.1, 0.15) is 24.6 Å². The maximum absolute atomic E-state index is 11.8. The van der Waals surface area contributed by atoms with Crippen molar-refractivity contribution in [3.63, 3.8) is 0 Å². The summed E-state index contributed by atoms with van der Waals surface area (Å²) in [7, 11) is 0. The number of urea groups is 1. The minimum absolute atomic E-state index is 0.0339. The highest BCUT2D eigenvalue weighted by Crippen LogP contribution is 2.39. The van der Waals surface area contributed by atoms with E-state index in [0.717, 1.165) is 22.2 Å². The summed E-state index contributed by atoms with van der Waals surface area (Å²) >= 11 is 4.87. The van der Waals surface area contributed by atoms with Crippen molar-refractivity contribution in [1.82, 2.24) is 10.6 Å². The molecule has 3 N–H and O–H groups in total. The Labute approximate surface area is 123 Å². The van der Waals surface area contributed by atoms with Crippen molar-refractivity contribution in [3.8, 4) is 0 Å². The molecular formula is C12H15BrN2O3S. The average molecular weight is 347 g/mol. The lowest BCUT2D eigenvalue weighted by molar-refractivity contribution is -0.144. The van der Waals surface area contributed by atoms with Gasteiger partial charge in [0.15, 0.2) is 0 Å². The van der Waals surface area contributed by atoms with Gasteiger partial charge in [0.2, 0.25) is 0 Å². The summed E-state index contributed by atoms with van der Waals surface area (Å²) in [6, 6.07) is 1.48. The molecule has 1 unspecified atom stereocenters. The van der Waals surface area contributed by atoms with Crippen LogP contribution in [0.25, 0.3) is 0 Å². The molecule has 7 heteroatoms. The number of aliphatic carboxylic acids is 1. The molecule has 0 radical (unpaired) electrons. The molecule has 0 bridgehead atoms. The van der Waals surface area contributed by atoms with Gasteiger partial charge in [0.05, 0.1) is 6.54 Å². The predicted molar refractivity (Wildman–Crippen MR) is 76.2 cm³/mol. The fourth-order valence-electron chi connectivity index (χ4n) is 1.88. The third-order valence-electron chi connectivity index (χ3n) is 3.26. The molecule has 0 spiro atoms. The summed E-state index contributed by atoms with van der Waals surface area (Å²) < 4.78 is 0.975. The number of hydrogen-bond donors (Lipinski definition) is 3. The molecule has 1 saturated carbocycles. The SMILES string of the molecule is CC(NC(=O)NCc1cc(Br)cs1)(C(=O)O)C1CC1. The molecule has 1 aliphatic rings. The van der Waals surface area contributed by atoms with Crippen LogP contribution in [-0.4, -0.2) is 22.6 Å². The average Bonchev–Trinajstić information content (AvgIpc) is 3.11. The Morgan fingerprint density at radius 3 is 2.74 bits per heavy atom. The summed E-state index contributed by atoms with van der Waals surface area (Å²) in [5.41, 5.74) is -1.17. The van der Waals surface area contributed by atoms with Crippen LogP contribution >= 0.6 is 27.3 Å². The van der Waals surface area contributed by atoms with Crippen LogP contribution in [0.5, 0.6) is 0 Å². The second kappa shape index (κ2) is 5.50. The zero-order chi connectivity index (χ0) is 14.0. The third-order valence-corrected chi connectivity index (χ3v) is 4.95. The van der Waals surface area contributed by atoms with E-state index in [1.165, 1.54) is 11.3 Å². The number of carboxylic acids is 1. The van der Waals surface area contributed by atoms with Gasteiger partial charge < -0.3 is 15.7 Å². The largest absolute Gasteiger partial charge is 0.480 e. The van der Waals surface area contributed by atoms with E-state index in [4.69, 9.17) is 0 Å². The van der Waals surface area contributed by atoms with Crippen LogP contribution in [0.3, 0.4) is 0 Å². The second-order valence-electron chi connectivity index (χ2n) is 4.82. The first-order valence-electron chi connectivity index (χ1n) is 5.94. The van der Waals surface area contributed by atoms with Gasteiger partial charge in [-0.15, -0.1) is 11.3 Å². The molecule has 1 aromatic rings. The number of thiophene rings is 1. The number of hydrogen-bond acceptors (Lipinski definition) is 3. The number of carbonyl (C=O) groups excluding carboxylic acids is 1. The highest BCUT2D eigenvalue weighted by atomic mass is 79.9. The number of halogens is 1.